The summed E-state index contributed by atoms with van der Waals surface area (Å²) in [6, 6.07) is 0. The topological polar surface area (TPSA) is 809 Å². The van der Waals surface area contributed by atoms with Crippen molar-refractivity contribution in [1.82, 2.24) is 0 Å². The van der Waals surface area contributed by atoms with Crippen LogP contribution in [0.4, 0.5) is 0 Å². The van der Waals surface area contributed by atoms with Crippen LogP contribution in [0.2, 0.25) is 0 Å². The summed E-state index contributed by atoms with van der Waals surface area (Å²) in [5, 5.41) is 288. The molecule has 0 aromatic rings. The Labute approximate surface area is 993 Å². The summed E-state index contributed by atoms with van der Waals surface area (Å²) in [4.78, 5) is 93.4. The third-order valence-corrected chi connectivity index (χ3v) is 30.2. The minimum absolute atomic E-state index is 0. The van der Waals surface area contributed by atoms with E-state index in [1.165, 1.54) is 0 Å². The number of carboxylic acids is 8. The van der Waals surface area contributed by atoms with Crippen molar-refractivity contribution in [2.24, 2.45) is 0 Å². The second-order valence-corrected chi connectivity index (χ2v) is 40.5. The normalized spacial score (nSPS) is 39.1. The predicted octanol–water partition coefficient (Wildman–Crippen LogP) is -43.3. The molecule has 0 saturated carbocycles. The van der Waals surface area contributed by atoms with Gasteiger partial charge in [-0.2, -0.15) is 82.3 Å². The van der Waals surface area contributed by atoms with Gasteiger partial charge in [-0.05, 0) is 91.6 Å². The van der Waals surface area contributed by atoms with Gasteiger partial charge in [-0.25, -0.2) is 0 Å². The van der Waals surface area contributed by atoms with Crippen LogP contribution < -0.4 is 277 Å². The van der Waals surface area contributed by atoms with E-state index in [2.05, 4.69) is 0 Å². The number of aliphatic carboxylic acids is 8. The number of ether oxygens (including phenoxy) is 16. The van der Waals surface area contributed by atoms with E-state index >= 15 is 0 Å². The molecule has 30 saturated heterocycles. The van der Waals surface area contributed by atoms with Gasteiger partial charge in [-0.1, -0.05) is 0 Å². The summed E-state index contributed by atoms with van der Waals surface area (Å²) in [7, 11) is -2.37. The van der Waals surface area contributed by atoms with Gasteiger partial charge < -0.3 is 237 Å². The molecule has 30 fully saturated rings. The molecule has 30 rings (SSSR count). The van der Waals surface area contributed by atoms with Gasteiger partial charge in [0.25, 0.3) is 0 Å². The quantitative estimate of drug-likeness (QED) is 0.0200. The average molecular weight is 2190 g/mol. The molecule has 49 nitrogen and oxygen atoms in total. The SMILES string of the molecule is O=C([O-])CCSC[C@H]1O[C@@H]2O[C@H]3[C@H](O)[C@@H](O)[C@@H](O[C@H]4[C@H](O)[C@@H](O)[C@@H](O[C@H]5[C@H](O)[C@@H](O)[C@@H](O[C@H]6[C@H](O)[C@@H](O)[C@@H](O[C@H]7[C@H](O)[C@@H](O)[C@@H](O[C@H]8[C@H](O)[C@@H](O)[C@@H](O[C@H]9[C@H](O)[C@@H](O)[C@@H](O[C@H]1[C@H](O)[C@H]2O)O[C@@H]9CSCCC(=O)[O-])O[C@@H]8CSCCC(=O)[O-])O[C@@H]7CSCCC(=O)[O-])O[C@@H]6C[S@@](=O)CCC(=O)[O-])O[C@@H]5CSCCC(=O)[O-])O[C@@H]4CSCCC(=O)[O-])O[C@@H]3CSCCC(=O)[O-].[Na+].[Na+].[Na+].[Na+].[Na+].[Na+].[Na+].[Na+]. The summed E-state index contributed by atoms with van der Waals surface area (Å²) < 4.78 is 113. The smallest absolute Gasteiger partial charge is 0.550 e. The fraction of sp³-hybridized carbons (Fsp3) is 0.889. The molecule has 16 bridgehead atoms. The summed E-state index contributed by atoms with van der Waals surface area (Å²) in [5.41, 5.74) is 0. The Kier molecular flexibility index (Phi) is 71.4. The minimum Gasteiger partial charge on any atom is -0.550 e. The van der Waals surface area contributed by atoms with Gasteiger partial charge in [-0.15, -0.1) is 0 Å². The van der Waals surface area contributed by atoms with Crippen molar-refractivity contribution >= 4 is 141 Å². The maximum absolute atomic E-state index is 13.9. The molecule has 0 amide bonds. The monoisotopic (exact) mass is 2190 g/mol. The number of aliphatic hydroxyl groups excluding tert-OH is 16. The molecule has 742 valence electrons. The third-order valence-electron chi connectivity index (χ3n) is 21.5. The first kappa shape index (κ1) is 140. The molecule has 30 aliphatic rings. The van der Waals surface area contributed by atoms with Gasteiger partial charge in [0.2, 0.25) is 0 Å². The van der Waals surface area contributed by atoms with Crippen molar-refractivity contribution in [2.75, 3.05) is 92.0 Å². The van der Waals surface area contributed by atoms with E-state index in [1.807, 2.05) is 0 Å². The van der Waals surface area contributed by atoms with Gasteiger partial charge in [0.05, 0.1) is 48.5 Å². The Morgan fingerprint density at radius 2 is 0.321 bits per heavy atom. The van der Waals surface area contributed by atoms with Gasteiger partial charge >= 0.3 is 236 Å². The molecule has 65 heteroatoms. The maximum atomic E-state index is 13.9. The first-order valence-corrected chi connectivity index (χ1v) is 50.1. The van der Waals surface area contributed by atoms with Crippen LogP contribution >= 0.6 is 82.3 Å². The molecule has 41 atom stereocenters. The van der Waals surface area contributed by atoms with Crippen LogP contribution in [0.15, 0.2) is 0 Å². The van der Waals surface area contributed by atoms with Gasteiger partial charge in [0.15, 0.2) is 50.3 Å². The zero-order chi connectivity index (χ0) is 94.5. The Bertz CT molecular complexity index is 3490. The van der Waals surface area contributed by atoms with E-state index in [-0.39, 0.29) is 277 Å². The van der Waals surface area contributed by atoms with Crippen LogP contribution in [0.1, 0.15) is 51.4 Å². The van der Waals surface area contributed by atoms with E-state index in [0.717, 1.165) is 82.3 Å². The Balaban J connectivity index is 0.0000117. The zero-order valence-electron chi connectivity index (χ0n) is 76.0. The second kappa shape index (κ2) is 69.8. The summed E-state index contributed by atoms with van der Waals surface area (Å²) in [6.45, 7) is 0. The largest absolute Gasteiger partial charge is 1.00 e. The molecule has 0 spiro atoms. The molecule has 16 N–H and O–H groups in total. The van der Waals surface area contributed by atoms with E-state index < -0.39 is 407 Å². The maximum Gasteiger partial charge on any atom is 1.00 e. The van der Waals surface area contributed by atoms with Crippen molar-refractivity contribution in [3.63, 3.8) is 0 Å². The van der Waals surface area contributed by atoms with Crippen LogP contribution in [0.3, 0.4) is 0 Å². The molecule has 30 heterocycles. The number of rotatable bonds is 40. The van der Waals surface area contributed by atoms with E-state index in [1.54, 1.807) is 0 Å². The molecule has 30 aliphatic heterocycles. The number of aliphatic hydroxyl groups is 16. The molecule has 0 aliphatic carbocycles. The van der Waals surface area contributed by atoms with Crippen molar-refractivity contribution in [2.45, 2.75) is 297 Å². The first-order valence-electron chi connectivity index (χ1n) is 40.5. The van der Waals surface area contributed by atoms with E-state index in [4.69, 9.17) is 75.8 Å². The number of carboxylic acid groups (broad SMARTS) is 8. The first-order chi connectivity index (χ1) is 61.1. The number of hydrogen-bond donors (Lipinski definition) is 16. The minimum atomic E-state index is -2.46. The van der Waals surface area contributed by atoms with Crippen molar-refractivity contribution in [1.29, 1.82) is 0 Å². The van der Waals surface area contributed by atoms with Crippen molar-refractivity contribution in [3.8, 4) is 0 Å². The molecule has 0 unspecified atom stereocenters. The number of thioether (sulfide) groups is 7. The summed E-state index contributed by atoms with van der Waals surface area (Å²) in [6.07, 6.45) is -90.9. The summed E-state index contributed by atoms with van der Waals surface area (Å²) in [5.74, 6) is -19.0. The second-order valence-electron chi connectivity index (χ2n) is 30.8. The van der Waals surface area contributed by atoms with E-state index in [0.29, 0.717) is 0 Å². The molecule has 0 radical (unpaired) electrons. The Morgan fingerprint density at radius 1 is 0.197 bits per heavy atom. The summed E-state index contributed by atoms with van der Waals surface area (Å²) >= 11 is 5.60. The van der Waals surface area contributed by atoms with Crippen LogP contribution in [0.5, 0.6) is 0 Å². The van der Waals surface area contributed by atoms with Crippen molar-refractivity contribution < 1.29 is 477 Å². The van der Waals surface area contributed by atoms with Gasteiger partial charge in [0, 0.05) is 105 Å². The molecular weight excluding hydrogens is 2090 g/mol. The molecule has 0 aromatic carbocycles. The fourth-order valence-electron chi connectivity index (χ4n) is 14.7. The van der Waals surface area contributed by atoms with E-state index in [9.17, 15) is 165 Å². The number of carbonyl (C=O) groups is 8. The van der Waals surface area contributed by atoms with Gasteiger partial charge in [-0.3, -0.25) is 4.21 Å². The number of hydrogen-bond acceptors (Lipinski definition) is 56. The Hall–Kier alpha value is 5.08. The van der Waals surface area contributed by atoms with Gasteiger partial charge in [0.1, 0.15) is 153 Å². The zero-order valence-corrected chi connectivity index (χ0v) is 98.5. The molecule has 0 aromatic heterocycles. The molecular formula is C72H104Na8O49S8. The number of carbonyl (C=O) groups excluding carboxylic acids is 8. The van der Waals surface area contributed by atoms with Crippen LogP contribution in [0.25, 0.3) is 0 Å². The third kappa shape index (κ3) is 41.9. The van der Waals surface area contributed by atoms with Crippen LogP contribution in [0, 0.1) is 0 Å². The average Bonchev–Trinajstić information content (AvgIpc) is 0.768. The van der Waals surface area contributed by atoms with Crippen molar-refractivity contribution in [3.05, 3.63) is 0 Å². The van der Waals surface area contributed by atoms with Crippen LogP contribution in [-0.4, -0.2) is 471 Å². The van der Waals surface area contributed by atoms with Crippen LogP contribution in [-0.2, 0) is 125 Å². The fourth-order valence-corrected chi connectivity index (χ4v) is 22.8. The predicted molar refractivity (Wildman–Crippen MR) is 421 cm³/mol. The molecule has 137 heavy (non-hydrogen) atoms. The standard InChI is InChI=1S/C72H112O49S8.8Na/c73-33(74)1-9-122-17-25-57-41(89)49(97)65(106-25)115-58-26(18-123-10-2-34(75)76)108-67(51(99)43(58)91)117-60-28(20-125-12-4-36(79)80)110-69(53(101)45(60)93)119-62-30(22-127-14-6-38(83)84)112-71(55(103)47(62)95)121-64-32(24-129(105)16-8-40(87)88)113-72(56(104)48(64)96)120-63-31(23-128-15-7-39(85)86)111-70(54(102)46(63)94)118-61-29(21-126-13-5-37(81)82)109-68(52(100)44(61)92)116-59-27(19-124-11-3-35(77)78)107-66(114-57)50(98)42(59)90;;;;;;;;/h25-32,41-72,89-104H,1-24H2,(H,73,74)(H,75,76)(H,77,78)(H,79,80)(H,81,82)(H,83,84)(H,85,86)(H,87,88);;;;;;;;/q;8*+1/p-8/t25-,26-,27-,28-,29-,30-,31-,32-,41-,42-,43-,44-,45-,46-,47-,48-,49-,50-,51-,52-,53-,54-,55-,56-,57-,58-,59-,60-,61-,62-,63-,64-,65-,66-,67-,68-,69-,70-,71-,72-,129+;;;;;;;;/m1......../s1. The Morgan fingerprint density at radius 3 is 0.453 bits per heavy atom.